The number of aryl methyl sites for hydroxylation is 1. The Morgan fingerprint density at radius 3 is 2.26 bits per heavy atom. The van der Waals surface area contributed by atoms with E-state index in [1.54, 1.807) is 32.9 Å². The van der Waals surface area contributed by atoms with Gasteiger partial charge in [0.15, 0.2) is 1.41 Å². The molecule has 14 nitrogen and oxygen atoms in total. The molecule has 6 amide bonds. The van der Waals surface area contributed by atoms with E-state index < -0.39 is 71.6 Å². The van der Waals surface area contributed by atoms with Gasteiger partial charge in [0.05, 0.1) is 6.42 Å². The molecular formula is C36H47N7O7. The first-order chi connectivity index (χ1) is 24.2. The summed E-state index contributed by atoms with van der Waals surface area (Å²) < 4.78 is 14.4. The van der Waals surface area contributed by atoms with Crippen LogP contribution in [0.3, 0.4) is 0 Å². The molecule has 0 bridgehead atoms. The number of amides is 6. The zero-order valence-electron chi connectivity index (χ0n) is 29.8. The molecule has 0 radical (unpaired) electrons. The maximum Gasteiger partial charge on any atom is 0.408 e. The summed E-state index contributed by atoms with van der Waals surface area (Å²) in [6, 6.07) is 12.6. The van der Waals surface area contributed by atoms with E-state index in [1.165, 1.54) is 0 Å². The molecule has 50 heavy (non-hydrogen) atoms. The van der Waals surface area contributed by atoms with Crippen molar-refractivity contribution in [2.24, 2.45) is 23.3 Å². The molecule has 0 spiro atoms. The van der Waals surface area contributed by atoms with Crippen LogP contribution in [0.1, 0.15) is 63.8 Å². The predicted octanol–water partition coefficient (Wildman–Crippen LogP) is 1.84. The van der Waals surface area contributed by atoms with E-state index in [0.717, 1.165) is 27.7 Å². The van der Waals surface area contributed by atoms with Gasteiger partial charge in [0.1, 0.15) is 30.3 Å². The van der Waals surface area contributed by atoms with Crippen LogP contribution in [0, 0.1) is 11.8 Å². The third kappa shape index (κ3) is 8.98. The largest absolute Gasteiger partial charge is 0.445 e. The molecule has 1 aliphatic rings. The van der Waals surface area contributed by atoms with Crippen molar-refractivity contribution >= 4 is 46.5 Å². The Kier molecular flexibility index (Phi) is 11.7. The van der Waals surface area contributed by atoms with Crippen molar-refractivity contribution in [2.75, 3.05) is 0 Å². The smallest absolute Gasteiger partial charge is 0.408 e. The predicted molar refractivity (Wildman–Crippen MR) is 186 cm³/mol. The molecule has 1 heterocycles. The maximum atomic E-state index is 14.7. The number of benzene rings is 2. The maximum absolute atomic E-state index is 14.7. The van der Waals surface area contributed by atoms with Gasteiger partial charge in [0, 0.05) is 23.0 Å². The monoisotopic (exact) mass is 690 g/mol. The number of hydrogen-bond donors (Lipinski definition) is 7. The van der Waals surface area contributed by atoms with Gasteiger partial charge in [-0.1, -0.05) is 82.6 Å². The second-order valence-electron chi connectivity index (χ2n) is 13.2. The number of H-pyrrole nitrogens is 1. The van der Waals surface area contributed by atoms with Gasteiger partial charge in [-0.3, -0.25) is 24.0 Å². The van der Waals surface area contributed by atoms with Crippen molar-refractivity contribution < 1.29 is 34.9 Å². The highest BCUT2D eigenvalue weighted by Crippen LogP contribution is 2.35. The Balaban J connectivity index is 1.67. The number of hydrogen-bond acceptors (Lipinski definition) is 7. The topological polar surface area (TPSA) is 228 Å². The van der Waals surface area contributed by atoms with Gasteiger partial charge in [-0.05, 0) is 41.9 Å². The summed E-state index contributed by atoms with van der Waals surface area (Å²) in [7, 11) is 0. The molecule has 0 saturated carbocycles. The lowest BCUT2D eigenvalue weighted by atomic mass is 9.78. The quantitative estimate of drug-likeness (QED) is 0.125. The van der Waals surface area contributed by atoms with Gasteiger partial charge in [0.25, 0.3) is 0 Å². The number of aromatic amines is 1. The summed E-state index contributed by atoms with van der Waals surface area (Å²) >= 11 is 0. The number of fused-ring (bicyclic) bond motifs is 3. The van der Waals surface area contributed by atoms with Crippen LogP contribution in [0.25, 0.3) is 10.9 Å². The van der Waals surface area contributed by atoms with Crippen LogP contribution < -0.4 is 32.7 Å². The minimum absolute atomic E-state index is 0.0179. The number of ether oxygens (including phenoxy) is 1. The summed E-state index contributed by atoms with van der Waals surface area (Å²) in [5, 5.41) is 9.30. The van der Waals surface area contributed by atoms with Gasteiger partial charge in [0.2, 0.25) is 29.5 Å². The summed E-state index contributed by atoms with van der Waals surface area (Å²) in [4.78, 5) is 82.3. The molecule has 0 aliphatic heterocycles. The highest BCUT2D eigenvalue weighted by Gasteiger charge is 2.47. The van der Waals surface area contributed by atoms with Gasteiger partial charge >= 0.3 is 6.09 Å². The molecule has 268 valence electrons. The molecule has 0 fully saturated rings. The Labute approximate surface area is 292 Å². The van der Waals surface area contributed by atoms with Crippen molar-refractivity contribution in [3.8, 4) is 0 Å². The molecule has 0 unspecified atom stereocenters. The standard InChI is InChI=1S/C36H47N7O7/c1-5-21(4)30(42-35(49)50-19-22-11-7-6-8-12-22)33(47)43-36(16-15-26-24(18-36)23-13-9-10-14-25(23)39-26)34(48)41-29(20(2)3)32(46)40-27(31(38)45)17-28(37)44/h6-14,20-21,27,29-30,39H,5,15-19H2,1-4H3,(H2,37,44)(H2,38,45)(H,40,46)(H,41,48)(H,42,49)(H,43,47)/t21-,27-,29-,30-,36+/m0/s1/i/hD. The van der Waals surface area contributed by atoms with E-state index in [2.05, 4.69) is 20.9 Å². The Morgan fingerprint density at radius 1 is 0.940 bits per heavy atom. The fourth-order valence-corrected chi connectivity index (χ4v) is 6.09. The molecule has 1 aromatic heterocycles. The van der Waals surface area contributed by atoms with E-state index >= 15 is 0 Å². The third-order valence-electron chi connectivity index (χ3n) is 9.16. The second-order valence-corrected chi connectivity index (χ2v) is 13.2. The number of carbonyl (C=O) groups is 6. The van der Waals surface area contributed by atoms with Gasteiger partial charge in [-0.2, -0.15) is 0 Å². The number of alkyl carbamates (subject to hydrolysis) is 1. The minimum atomic E-state index is -1.72. The van der Waals surface area contributed by atoms with Crippen LogP contribution in [0.2, 0.25) is 1.41 Å². The molecule has 5 atom stereocenters. The van der Waals surface area contributed by atoms with Crippen molar-refractivity contribution in [2.45, 2.75) is 90.1 Å². The number of primary amides is 2. The van der Waals surface area contributed by atoms with E-state index in [0.29, 0.717) is 18.2 Å². The third-order valence-corrected chi connectivity index (χ3v) is 9.16. The first kappa shape index (κ1) is 35.9. The molecule has 3 aromatic rings. The second kappa shape index (κ2) is 16.3. The zero-order chi connectivity index (χ0) is 37.5. The molecule has 1 aliphatic carbocycles. The van der Waals surface area contributed by atoms with Crippen molar-refractivity contribution in [3.05, 3.63) is 71.4 Å². The lowest BCUT2D eigenvalue weighted by Crippen LogP contribution is -2.67. The van der Waals surface area contributed by atoms with Gasteiger partial charge < -0.3 is 42.4 Å². The van der Waals surface area contributed by atoms with Crippen LogP contribution in [0.15, 0.2) is 54.6 Å². The Bertz CT molecular complexity index is 1760. The molecule has 2 aromatic carbocycles. The summed E-state index contributed by atoms with van der Waals surface area (Å²) in [5.74, 6) is -5.36. The Morgan fingerprint density at radius 2 is 1.62 bits per heavy atom. The van der Waals surface area contributed by atoms with Crippen LogP contribution in [0.5, 0.6) is 0 Å². The number of rotatable bonds is 15. The number of nitrogens with one attached hydrogen (secondary N) is 5. The van der Waals surface area contributed by atoms with Crippen LogP contribution in [-0.4, -0.2) is 64.3 Å². The van der Waals surface area contributed by atoms with Crippen LogP contribution >= 0.6 is 0 Å². The number of carbonyl (C=O) groups excluding carboxylic acids is 6. The molecule has 14 heteroatoms. The van der Waals surface area contributed by atoms with Gasteiger partial charge in [-0.25, -0.2) is 4.79 Å². The SMILES string of the molecule is [2H]N(C(=O)[C@@]1(NC(=O)[C@@H](NC(=O)OCc2ccccc2)[C@@H](C)CC)CCc2[nH]c3ccccc3c2C1)[C@H](C(=O)N[C@@H](CC(N)=O)C(N)=O)C(C)C. The lowest BCUT2D eigenvalue weighted by Gasteiger charge is -2.39. The van der Waals surface area contributed by atoms with Crippen molar-refractivity contribution in [3.63, 3.8) is 0 Å². The summed E-state index contributed by atoms with van der Waals surface area (Å²) in [6.45, 7) is 6.85. The number of para-hydroxylation sites is 1. The van der Waals surface area contributed by atoms with Crippen LogP contribution in [0.4, 0.5) is 4.79 Å². The molecular weight excluding hydrogens is 642 g/mol. The van der Waals surface area contributed by atoms with E-state index in [4.69, 9.17) is 17.6 Å². The van der Waals surface area contributed by atoms with E-state index in [1.807, 2.05) is 49.4 Å². The molecule has 0 saturated heterocycles. The first-order valence-electron chi connectivity index (χ1n) is 17.2. The zero-order valence-corrected chi connectivity index (χ0v) is 28.8. The summed E-state index contributed by atoms with van der Waals surface area (Å²) in [6.07, 6.45) is -0.519. The van der Waals surface area contributed by atoms with Crippen LogP contribution in [-0.2, 0) is 48.2 Å². The lowest BCUT2D eigenvalue weighted by molar-refractivity contribution is -0.138. The van der Waals surface area contributed by atoms with E-state index in [-0.39, 0.29) is 25.4 Å². The highest BCUT2D eigenvalue weighted by atomic mass is 16.5. The van der Waals surface area contributed by atoms with Crippen molar-refractivity contribution in [1.29, 1.82) is 0 Å². The normalized spacial score (nSPS) is 18.1. The van der Waals surface area contributed by atoms with Gasteiger partial charge in [-0.15, -0.1) is 0 Å². The molecule has 4 rings (SSSR count). The average Bonchev–Trinajstić information content (AvgIpc) is 3.46. The number of aromatic nitrogens is 1. The minimum Gasteiger partial charge on any atom is -0.445 e. The fraction of sp³-hybridized carbons (Fsp3) is 0.444. The molecule has 9 N–H and O–H groups in total. The highest BCUT2D eigenvalue weighted by molar-refractivity contribution is 5.99. The Hall–Kier alpha value is -5.40. The fourth-order valence-electron chi connectivity index (χ4n) is 6.09. The average molecular weight is 691 g/mol. The number of nitrogens with two attached hydrogens (primary N) is 2. The summed E-state index contributed by atoms with van der Waals surface area (Å²) in [5.41, 5.74) is 12.1. The van der Waals surface area contributed by atoms with Crippen molar-refractivity contribution in [1.82, 2.24) is 26.2 Å². The first-order valence-corrected chi connectivity index (χ1v) is 16.8. The van der Waals surface area contributed by atoms with E-state index in [9.17, 15) is 28.8 Å².